The summed E-state index contributed by atoms with van der Waals surface area (Å²) in [5, 5.41) is 11.0. The van der Waals surface area contributed by atoms with Crippen molar-refractivity contribution in [3.8, 4) is 5.75 Å². The zero-order chi connectivity index (χ0) is 13.5. The minimum atomic E-state index is -1.16. The Kier molecular flexibility index (Phi) is 4.92. The van der Waals surface area contributed by atoms with E-state index in [2.05, 4.69) is 5.32 Å². The largest absolute Gasteiger partial charge is 0.494 e. The van der Waals surface area contributed by atoms with Gasteiger partial charge in [-0.15, -0.1) is 0 Å². The lowest BCUT2D eigenvalue weighted by molar-refractivity contribution is -0.131. The summed E-state index contributed by atoms with van der Waals surface area (Å²) in [7, 11) is 0. The lowest BCUT2D eigenvalue weighted by Gasteiger charge is -2.09. The SMILES string of the molecule is CCOc1ccc(NC(=O)/C=C/C(=O)O)c(C)c1. The second kappa shape index (κ2) is 6.44. The summed E-state index contributed by atoms with van der Waals surface area (Å²) in [5.74, 6) is -0.910. The van der Waals surface area contributed by atoms with Gasteiger partial charge in [0.25, 0.3) is 0 Å². The number of carboxylic acid groups (broad SMARTS) is 1. The number of aryl methyl sites for hydroxylation is 1. The fourth-order valence-electron chi connectivity index (χ4n) is 1.35. The number of carboxylic acids is 1. The molecular weight excluding hydrogens is 234 g/mol. The van der Waals surface area contributed by atoms with Crippen LogP contribution in [-0.4, -0.2) is 23.6 Å². The smallest absolute Gasteiger partial charge is 0.328 e. The van der Waals surface area contributed by atoms with Crippen LogP contribution in [0.25, 0.3) is 0 Å². The molecule has 0 heterocycles. The average molecular weight is 249 g/mol. The molecule has 0 bridgehead atoms. The van der Waals surface area contributed by atoms with Crippen LogP contribution in [0.5, 0.6) is 5.75 Å². The van der Waals surface area contributed by atoms with Crippen LogP contribution in [-0.2, 0) is 9.59 Å². The molecule has 0 aliphatic heterocycles. The highest BCUT2D eigenvalue weighted by molar-refractivity contribution is 6.02. The monoisotopic (exact) mass is 249 g/mol. The maximum absolute atomic E-state index is 11.4. The Morgan fingerprint density at radius 1 is 1.39 bits per heavy atom. The van der Waals surface area contributed by atoms with E-state index in [4.69, 9.17) is 9.84 Å². The number of amides is 1. The van der Waals surface area contributed by atoms with Gasteiger partial charge in [0.2, 0.25) is 5.91 Å². The van der Waals surface area contributed by atoms with Crippen molar-refractivity contribution in [2.75, 3.05) is 11.9 Å². The van der Waals surface area contributed by atoms with Crippen LogP contribution in [0.2, 0.25) is 0 Å². The Hall–Kier alpha value is -2.30. The summed E-state index contributed by atoms with van der Waals surface area (Å²) in [4.78, 5) is 21.6. The van der Waals surface area contributed by atoms with Gasteiger partial charge < -0.3 is 15.2 Å². The van der Waals surface area contributed by atoms with Crippen LogP contribution >= 0.6 is 0 Å². The number of ether oxygens (including phenoxy) is 1. The van der Waals surface area contributed by atoms with E-state index in [-0.39, 0.29) is 0 Å². The van der Waals surface area contributed by atoms with Crippen LogP contribution in [0.15, 0.2) is 30.4 Å². The third kappa shape index (κ3) is 4.29. The van der Waals surface area contributed by atoms with E-state index in [1.165, 1.54) is 0 Å². The molecule has 2 N–H and O–H groups in total. The van der Waals surface area contributed by atoms with Crippen molar-refractivity contribution in [2.24, 2.45) is 0 Å². The van der Waals surface area contributed by atoms with Crippen molar-refractivity contribution in [1.29, 1.82) is 0 Å². The van der Waals surface area contributed by atoms with Gasteiger partial charge in [0.1, 0.15) is 5.75 Å². The fourth-order valence-corrected chi connectivity index (χ4v) is 1.35. The van der Waals surface area contributed by atoms with E-state index in [9.17, 15) is 9.59 Å². The third-order valence-electron chi connectivity index (χ3n) is 2.14. The Bertz CT molecular complexity index is 480. The maximum atomic E-state index is 11.4. The van der Waals surface area contributed by atoms with Crippen molar-refractivity contribution in [3.63, 3.8) is 0 Å². The molecule has 0 fully saturated rings. The molecule has 0 saturated heterocycles. The number of carbonyl (C=O) groups is 2. The number of hydrogen-bond acceptors (Lipinski definition) is 3. The highest BCUT2D eigenvalue weighted by atomic mass is 16.5. The topological polar surface area (TPSA) is 75.6 Å². The first-order chi connectivity index (χ1) is 8.52. The Morgan fingerprint density at radius 3 is 2.67 bits per heavy atom. The van der Waals surface area contributed by atoms with Crippen LogP contribution in [0.4, 0.5) is 5.69 Å². The summed E-state index contributed by atoms with van der Waals surface area (Å²) in [6, 6.07) is 5.26. The lowest BCUT2D eigenvalue weighted by Crippen LogP contribution is -2.09. The number of hydrogen-bond donors (Lipinski definition) is 2. The molecule has 96 valence electrons. The number of anilines is 1. The minimum absolute atomic E-state index is 0.482. The molecule has 1 aromatic carbocycles. The van der Waals surface area contributed by atoms with E-state index in [0.29, 0.717) is 12.3 Å². The summed E-state index contributed by atoms with van der Waals surface area (Å²) >= 11 is 0. The summed E-state index contributed by atoms with van der Waals surface area (Å²) < 4.78 is 5.32. The number of nitrogens with one attached hydrogen (secondary N) is 1. The highest BCUT2D eigenvalue weighted by Crippen LogP contribution is 2.21. The van der Waals surface area contributed by atoms with Crippen LogP contribution in [0.3, 0.4) is 0 Å². The molecule has 18 heavy (non-hydrogen) atoms. The third-order valence-corrected chi connectivity index (χ3v) is 2.14. The molecule has 5 heteroatoms. The van der Waals surface area contributed by atoms with Crippen LogP contribution in [0.1, 0.15) is 12.5 Å². The maximum Gasteiger partial charge on any atom is 0.328 e. The van der Waals surface area contributed by atoms with Gasteiger partial charge in [-0.1, -0.05) is 0 Å². The van der Waals surface area contributed by atoms with E-state index in [0.717, 1.165) is 23.5 Å². The molecule has 0 aromatic heterocycles. The first-order valence-electron chi connectivity index (χ1n) is 5.48. The lowest BCUT2D eigenvalue weighted by atomic mass is 10.2. The second-order valence-electron chi connectivity index (χ2n) is 3.57. The van der Waals surface area contributed by atoms with Crippen molar-refractivity contribution in [2.45, 2.75) is 13.8 Å². The van der Waals surface area contributed by atoms with Gasteiger partial charge in [0, 0.05) is 17.8 Å². The molecule has 0 saturated carbocycles. The molecule has 0 radical (unpaired) electrons. The predicted molar refractivity (Wildman–Crippen MR) is 67.8 cm³/mol. The van der Waals surface area contributed by atoms with Crippen molar-refractivity contribution < 1.29 is 19.4 Å². The summed E-state index contributed by atoms with van der Waals surface area (Å²) in [6.45, 7) is 4.30. The molecule has 0 aliphatic carbocycles. The van der Waals surface area contributed by atoms with E-state index in [1.54, 1.807) is 18.2 Å². The van der Waals surface area contributed by atoms with Gasteiger partial charge in [-0.3, -0.25) is 4.79 Å². The van der Waals surface area contributed by atoms with Crippen molar-refractivity contribution in [3.05, 3.63) is 35.9 Å². The van der Waals surface area contributed by atoms with Gasteiger partial charge in [-0.05, 0) is 37.6 Å². The van der Waals surface area contributed by atoms with Crippen molar-refractivity contribution >= 4 is 17.6 Å². The molecule has 5 nitrogen and oxygen atoms in total. The predicted octanol–water partition coefficient (Wildman–Crippen LogP) is 1.97. The first-order valence-corrected chi connectivity index (χ1v) is 5.48. The molecule has 1 rings (SSSR count). The molecule has 0 unspecified atom stereocenters. The Morgan fingerprint density at radius 2 is 2.11 bits per heavy atom. The van der Waals surface area contributed by atoms with Crippen LogP contribution < -0.4 is 10.1 Å². The fraction of sp³-hybridized carbons (Fsp3) is 0.231. The number of rotatable bonds is 5. The molecular formula is C13H15NO4. The quantitative estimate of drug-likeness (QED) is 0.782. The Labute approximate surface area is 105 Å². The van der Waals surface area contributed by atoms with Crippen molar-refractivity contribution in [1.82, 2.24) is 0 Å². The van der Waals surface area contributed by atoms with Gasteiger partial charge in [0.15, 0.2) is 0 Å². The highest BCUT2D eigenvalue weighted by Gasteiger charge is 2.03. The zero-order valence-electron chi connectivity index (χ0n) is 10.3. The Balaban J connectivity index is 2.73. The van der Waals surface area contributed by atoms with E-state index >= 15 is 0 Å². The van der Waals surface area contributed by atoms with Gasteiger partial charge in [-0.2, -0.15) is 0 Å². The van der Waals surface area contributed by atoms with Gasteiger partial charge in [-0.25, -0.2) is 4.79 Å². The van der Waals surface area contributed by atoms with Gasteiger partial charge >= 0.3 is 5.97 Å². The standard InChI is InChI=1S/C13H15NO4/c1-3-18-10-4-5-11(9(2)8-10)14-12(15)6-7-13(16)17/h4-8H,3H2,1-2H3,(H,14,15)(H,16,17)/b7-6+. The normalized spacial score (nSPS) is 10.3. The molecule has 0 aliphatic rings. The van der Waals surface area contributed by atoms with E-state index < -0.39 is 11.9 Å². The molecule has 0 atom stereocenters. The molecule has 1 amide bonds. The zero-order valence-corrected chi connectivity index (χ0v) is 10.3. The summed E-state index contributed by atoms with van der Waals surface area (Å²) in [5.41, 5.74) is 1.47. The number of carbonyl (C=O) groups excluding carboxylic acids is 1. The average Bonchev–Trinajstić information content (AvgIpc) is 2.30. The van der Waals surface area contributed by atoms with Crippen LogP contribution in [0, 0.1) is 6.92 Å². The molecule has 1 aromatic rings. The summed E-state index contributed by atoms with van der Waals surface area (Å²) in [6.07, 6.45) is 1.76. The first kappa shape index (κ1) is 13.8. The van der Waals surface area contributed by atoms with E-state index in [1.807, 2.05) is 13.8 Å². The minimum Gasteiger partial charge on any atom is -0.494 e. The number of aliphatic carboxylic acids is 1. The van der Waals surface area contributed by atoms with Gasteiger partial charge in [0.05, 0.1) is 6.61 Å². The second-order valence-corrected chi connectivity index (χ2v) is 3.57. The number of benzene rings is 1. The molecule has 0 spiro atoms.